The maximum Gasteiger partial charge on any atom is -0.0205 e. The van der Waals surface area contributed by atoms with Gasteiger partial charge in [0.05, 0.1) is 0 Å². The molecule has 3 aliphatic carbocycles. The Morgan fingerprint density at radius 2 is 1.17 bits per heavy atom. The zero-order chi connectivity index (χ0) is 15.5. The number of aryl methyl sites for hydroxylation is 2. The lowest BCUT2D eigenvalue weighted by molar-refractivity contribution is 0.293. The molecule has 1 fully saturated rings. The fourth-order valence-corrected chi connectivity index (χ4v) is 5.51. The van der Waals surface area contributed by atoms with Crippen LogP contribution >= 0.6 is 0 Å². The van der Waals surface area contributed by atoms with E-state index in [4.69, 9.17) is 0 Å². The Morgan fingerprint density at radius 1 is 0.565 bits per heavy atom. The van der Waals surface area contributed by atoms with Gasteiger partial charge in [-0.05, 0) is 86.2 Å². The van der Waals surface area contributed by atoms with Gasteiger partial charge >= 0.3 is 0 Å². The highest BCUT2D eigenvalue weighted by Crippen LogP contribution is 2.40. The molecule has 0 spiro atoms. The zero-order valence-corrected chi connectivity index (χ0v) is 14.6. The molecule has 23 heavy (non-hydrogen) atoms. The van der Waals surface area contributed by atoms with Gasteiger partial charge in [0, 0.05) is 0 Å². The first-order valence-corrected chi connectivity index (χ1v) is 10.2. The average Bonchev–Trinajstić information content (AvgIpc) is 3.00. The maximum atomic E-state index is 2.66. The molecule has 1 aromatic rings. The fraction of sp³-hybridized carbons (Fsp3) is 0.652. The first-order valence-electron chi connectivity index (χ1n) is 10.2. The predicted molar refractivity (Wildman–Crippen MR) is 98.5 cm³/mol. The lowest BCUT2D eigenvalue weighted by Crippen LogP contribution is -2.14. The highest BCUT2D eigenvalue weighted by Gasteiger charge is 2.29. The van der Waals surface area contributed by atoms with Crippen LogP contribution in [0.15, 0.2) is 36.4 Å². The van der Waals surface area contributed by atoms with Crippen molar-refractivity contribution < 1.29 is 0 Å². The summed E-state index contributed by atoms with van der Waals surface area (Å²) in [5, 5.41) is 0. The van der Waals surface area contributed by atoms with Gasteiger partial charge in [0.2, 0.25) is 0 Å². The first kappa shape index (κ1) is 15.5. The molecule has 0 N–H and O–H groups in total. The van der Waals surface area contributed by atoms with E-state index in [1.807, 2.05) is 0 Å². The van der Waals surface area contributed by atoms with Crippen molar-refractivity contribution in [1.29, 1.82) is 0 Å². The second-order valence-electron chi connectivity index (χ2n) is 8.29. The summed E-state index contributed by atoms with van der Waals surface area (Å²) in [4.78, 5) is 0. The first-order chi connectivity index (χ1) is 11.4. The Hall–Kier alpha value is -1.04. The molecule has 0 saturated heterocycles. The Kier molecular flexibility index (Phi) is 4.88. The quantitative estimate of drug-likeness (QED) is 0.419. The molecule has 4 rings (SSSR count). The molecule has 3 atom stereocenters. The van der Waals surface area contributed by atoms with Crippen molar-refractivity contribution in [2.24, 2.45) is 23.7 Å². The van der Waals surface area contributed by atoms with Crippen LogP contribution in [0.4, 0.5) is 0 Å². The Morgan fingerprint density at radius 3 is 1.91 bits per heavy atom. The lowest BCUT2D eigenvalue weighted by atomic mass is 9.81. The smallest absolute Gasteiger partial charge is 0.0205 e. The second-order valence-corrected chi connectivity index (χ2v) is 8.29. The minimum atomic E-state index is 0.858. The molecule has 0 amide bonds. The Balaban J connectivity index is 1.44. The molecular formula is C23H32. The summed E-state index contributed by atoms with van der Waals surface area (Å²) in [5.41, 5.74) is 3.25. The van der Waals surface area contributed by atoms with Crippen LogP contribution in [0, 0.1) is 23.7 Å². The predicted octanol–water partition coefficient (Wildman–Crippen LogP) is 6.34. The molecule has 124 valence electrons. The van der Waals surface area contributed by atoms with Crippen LogP contribution in [-0.4, -0.2) is 0 Å². The van der Waals surface area contributed by atoms with Crippen LogP contribution in [0.2, 0.25) is 0 Å². The Labute approximate surface area is 142 Å². The minimum Gasteiger partial charge on any atom is -0.0849 e. The highest BCUT2D eigenvalue weighted by atomic mass is 14.3. The summed E-state index contributed by atoms with van der Waals surface area (Å²) < 4.78 is 0. The molecule has 0 nitrogen and oxygen atoms in total. The number of benzene rings is 1. The van der Waals surface area contributed by atoms with Crippen molar-refractivity contribution in [2.75, 3.05) is 0 Å². The summed E-state index contributed by atoms with van der Waals surface area (Å²) >= 11 is 0. The molecule has 0 heterocycles. The van der Waals surface area contributed by atoms with Crippen LogP contribution < -0.4 is 0 Å². The normalized spacial score (nSPS) is 32.3. The summed E-state index contributed by atoms with van der Waals surface area (Å²) in [6.45, 7) is 0. The van der Waals surface area contributed by atoms with Gasteiger partial charge in [0.1, 0.15) is 0 Å². The van der Waals surface area contributed by atoms with Gasteiger partial charge in [-0.2, -0.15) is 0 Å². The van der Waals surface area contributed by atoms with Crippen LogP contribution in [-0.2, 0) is 12.8 Å². The molecule has 0 aliphatic heterocycles. The SMILES string of the molecule is C1=CC2CCCCCC2CCC1C1CCc2ccccc2CC1. The molecular weight excluding hydrogens is 276 g/mol. The topological polar surface area (TPSA) is 0 Å². The third-order valence-electron chi connectivity index (χ3n) is 6.99. The molecule has 0 heteroatoms. The van der Waals surface area contributed by atoms with Crippen molar-refractivity contribution in [2.45, 2.75) is 70.6 Å². The summed E-state index contributed by atoms with van der Waals surface area (Å²) in [7, 11) is 0. The summed E-state index contributed by atoms with van der Waals surface area (Å²) in [6, 6.07) is 9.16. The van der Waals surface area contributed by atoms with E-state index in [0.717, 1.165) is 23.7 Å². The van der Waals surface area contributed by atoms with Crippen LogP contribution in [0.3, 0.4) is 0 Å². The van der Waals surface area contributed by atoms with Crippen molar-refractivity contribution in [3.63, 3.8) is 0 Å². The standard InChI is InChI=1S/C23H32/c1-2-6-18-10-14-22(15-11-19(18)7-3-1)23-16-12-20-8-4-5-9-21(20)13-17-23/h4-5,8-10,14,18-19,22-23H,1-3,6-7,11-13,15-17H2. The van der Waals surface area contributed by atoms with E-state index in [9.17, 15) is 0 Å². The van der Waals surface area contributed by atoms with Gasteiger partial charge < -0.3 is 0 Å². The van der Waals surface area contributed by atoms with Crippen molar-refractivity contribution >= 4 is 0 Å². The number of fused-ring (bicyclic) bond motifs is 2. The van der Waals surface area contributed by atoms with Crippen LogP contribution in [0.5, 0.6) is 0 Å². The molecule has 0 bridgehead atoms. The molecule has 0 radical (unpaired) electrons. The molecule has 3 aliphatic rings. The molecule has 3 unspecified atom stereocenters. The average molecular weight is 309 g/mol. The lowest BCUT2D eigenvalue weighted by Gasteiger charge is -2.24. The van der Waals surface area contributed by atoms with Crippen molar-refractivity contribution in [3.05, 3.63) is 47.5 Å². The molecule has 1 aromatic carbocycles. The third-order valence-corrected chi connectivity index (χ3v) is 6.99. The van der Waals surface area contributed by atoms with E-state index >= 15 is 0 Å². The van der Waals surface area contributed by atoms with Gasteiger partial charge in [-0.1, -0.05) is 55.7 Å². The van der Waals surface area contributed by atoms with E-state index in [1.54, 1.807) is 11.1 Å². The fourth-order valence-electron chi connectivity index (χ4n) is 5.51. The highest BCUT2D eigenvalue weighted by molar-refractivity contribution is 5.28. The molecule has 0 aromatic heterocycles. The number of allylic oxidation sites excluding steroid dienone is 2. The van der Waals surface area contributed by atoms with Gasteiger partial charge in [-0.25, -0.2) is 0 Å². The van der Waals surface area contributed by atoms with Crippen molar-refractivity contribution in [3.8, 4) is 0 Å². The third kappa shape index (κ3) is 3.57. The zero-order valence-electron chi connectivity index (χ0n) is 14.6. The van der Waals surface area contributed by atoms with E-state index in [2.05, 4.69) is 36.4 Å². The molecule has 1 saturated carbocycles. The maximum absolute atomic E-state index is 2.66. The van der Waals surface area contributed by atoms with E-state index in [-0.39, 0.29) is 0 Å². The van der Waals surface area contributed by atoms with E-state index < -0.39 is 0 Å². The monoisotopic (exact) mass is 308 g/mol. The second kappa shape index (κ2) is 7.24. The number of hydrogen-bond donors (Lipinski definition) is 0. The summed E-state index contributed by atoms with van der Waals surface area (Å²) in [5.74, 6) is 3.68. The van der Waals surface area contributed by atoms with E-state index in [1.165, 1.54) is 70.6 Å². The number of rotatable bonds is 1. The van der Waals surface area contributed by atoms with Crippen molar-refractivity contribution in [1.82, 2.24) is 0 Å². The minimum absolute atomic E-state index is 0.858. The van der Waals surface area contributed by atoms with Gasteiger partial charge in [-0.15, -0.1) is 0 Å². The summed E-state index contributed by atoms with van der Waals surface area (Å²) in [6.07, 6.45) is 21.1. The van der Waals surface area contributed by atoms with Crippen LogP contribution in [0.25, 0.3) is 0 Å². The largest absolute Gasteiger partial charge is 0.0849 e. The van der Waals surface area contributed by atoms with Crippen LogP contribution in [0.1, 0.15) is 68.9 Å². The van der Waals surface area contributed by atoms with Gasteiger partial charge in [0.25, 0.3) is 0 Å². The number of hydrogen-bond acceptors (Lipinski definition) is 0. The Bertz CT molecular complexity index is 514. The van der Waals surface area contributed by atoms with Gasteiger partial charge in [-0.3, -0.25) is 0 Å². The van der Waals surface area contributed by atoms with Gasteiger partial charge in [0.15, 0.2) is 0 Å². The van der Waals surface area contributed by atoms with E-state index in [0.29, 0.717) is 0 Å².